The van der Waals surface area contributed by atoms with Crippen molar-refractivity contribution in [1.29, 1.82) is 0 Å². The van der Waals surface area contributed by atoms with Crippen LogP contribution in [-0.4, -0.2) is 39.1 Å². The smallest absolute Gasteiger partial charge is 0.251 e. The fourth-order valence-electron chi connectivity index (χ4n) is 2.78. The van der Waals surface area contributed by atoms with Crippen molar-refractivity contribution in [3.63, 3.8) is 0 Å². The lowest BCUT2D eigenvalue weighted by Crippen LogP contribution is -2.38. The van der Waals surface area contributed by atoms with Crippen LogP contribution in [0.25, 0.3) is 0 Å². The SMILES string of the molecule is COc1ccc(C(=O)NCC(=O)NCC2CCCC2)cc1OC. The Labute approximate surface area is 136 Å². The van der Waals surface area contributed by atoms with E-state index in [1.165, 1.54) is 39.9 Å². The zero-order chi connectivity index (χ0) is 16.7. The second-order valence-corrected chi connectivity index (χ2v) is 5.71. The van der Waals surface area contributed by atoms with Gasteiger partial charge < -0.3 is 20.1 Å². The Hall–Kier alpha value is -2.24. The van der Waals surface area contributed by atoms with E-state index in [0.29, 0.717) is 29.5 Å². The molecule has 1 aromatic rings. The third kappa shape index (κ3) is 4.87. The number of rotatable bonds is 7. The van der Waals surface area contributed by atoms with Gasteiger partial charge in [0.2, 0.25) is 5.91 Å². The van der Waals surface area contributed by atoms with Crippen LogP contribution in [0.2, 0.25) is 0 Å². The first kappa shape index (κ1) is 17.1. The summed E-state index contributed by atoms with van der Waals surface area (Å²) in [7, 11) is 3.04. The van der Waals surface area contributed by atoms with E-state index in [0.717, 1.165) is 0 Å². The minimum Gasteiger partial charge on any atom is -0.493 e. The van der Waals surface area contributed by atoms with Crippen molar-refractivity contribution in [3.05, 3.63) is 23.8 Å². The topological polar surface area (TPSA) is 76.7 Å². The summed E-state index contributed by atoms with van der Waals surface area (Å²) < 4.78 is 10.3. The molecule has 0 bridgehead atoms. The molecular weight excluding hydrogens is 296 g/mol. The van der Waals surface area contributed by atoms with Crippen molar-refractivity contribution >= 4 is 11.8 Å². The number of ether oxygens (including phenoxy) is 2. The van der Waals surface area contributed by atoms with Crippen LogP contribution < -0.4 is 20.1 Å². The van der Waals surface area contributed by atoms with E-state index in [2.05, 4.69) is 10.6 Å². The van der Waals surface area contributed by atoms with Gasteiger partial charge in [0.25, 0.3) is 5.91 Å². The quantitative estimate of drug-likeness (QED) is 0.802. The first-order valence-corrected chi connectivity index (χ1v) is 7.91. The van der Waals surface area contributed by atoms with E-state index in [4.69, 9.17) is 9.47 Å². The largest absolute Gasteiger partial charge is 0.493 e. The monoisotopic (exact) mass is 320 g/mol. The highest BCUT2D eigenvalue weighted by Crippen LogP contribution is 2.27. The molecule has 0 heterocycles. The van der Waals surface area contributed by atoms with E-state index in [1.807, 2.05) is 0 Å². The molecule has 126 valence electrons. The van der Waals surface area contributed by atoms with Crippen molar-refractivity contribution < 1.29 is 19.1 Å². The number of methoxy groups -OCH3 is 2. The maximum Gasteiger partial charge on any atom is 0.251 e. The van der Waals surface area contributed by atoms with E-state index in [9.17, 15) is 9.59 Å². The summed E-state index contributed by atoms with van der Waals surface area (Å²) in [5.74, 6) is 1.14. The van der Waals surface area contributed by atoms with Crippen molar-refractivity contribution in [3.8, 4) is 11.5 Å². The summed E-state index contributed by atoms with van der Waals surface area (Å²) in [5.41, 5.74) is 0.422. The van der Waals surface area contributed by atoms with Gasteiger partial charge in [-0.25, -0.2) is 0 Å². The maximum absolute atomic E-state index is 12.1. The normalized spacial score (nSPS) is 14.3. The van der Waals surface area contributed by atoms with Gasteiger partial charge in [0.1, 0.15) is 0 Å². The lowest BCUT2D eigenvalue weighted by Gasteiger charge is -2.12. The minimum atomic E-state index is -0.318. The van der Waals surface area contributed by atoms with Gasteiger partial charge in [-0.1, -0.05) is 12.8 Å². The molecule has 2 rings (SSSR count). The maximum atomic E-state index is 12.1. The second-order valence-electron chi connectivity index (χ2n) is 5.71. The number of nitrogens with one attached hydrogen (secondary N) is 2. The van der Waals surface area contributed by atoms with E-state index < -0.39 is 0 Å². The predicted molar refractivity (Wildman–Crippen MR) is 86.8 cm³/mol. The Morgan fingerprint density at radius 2 is 1.78 bits per heavy atom. The van der Waals surface area contributed by atoms with Gasteiger partial charge >= 0.3 is 0 Å². The molecule has 0 spiro atoms. The molecule has 0 unspecified atom stereocenters. The number of carbonyl (C=O) groups is 2. The van der Waals surface area contributed by atoms with Crippen LogP contribution >= 0.6 is 0 Å². The van der Waals surface area contributed by atoms with Crippen molar-refractivity contribution in [1.82, 2.24) is 10.6 Å². The lowest BCUT2D eigenvalue weighted by molar-refractivity contribution is -0.120. The standard InChI is InChI=1S/C17H24N2O4/c1-22-14-8-7-13(9-15(14)23-2)17(21)19-11-16(20)18-10-12-5-3-4-6-12/h7-9,12H,3-6,10-11H2,1-2H3,(H,18,20)(H,19,21). The molecule has 1 saturated carbocycles. The zero-order valence-corrected chi connectivity index (χ0v) is 13.7. The molecule has 0 atom stereocenters. The molecule has 0 saturated heterocycles. The van der Waals surface area contributed by atoms with Crippen LogP contribution in [-0.2, 0) is 4.79 Å². The van der Waals surface area contributed by atoms with Crippen molar-refractivity contribution in [2.45, 2.75) is 25.7 Å². The summed E-state index contributed by atoms with van der Waals surface area (Å²) in [4.78, 5) is 23.9. The van der Waals surface area contributed by atoms with E-state index in [-0.39, 0.29) is 18.4 Å². The Balaban J connectivity index is 1.80. The van der Waals surface area contributed by atoms with Gasteiger partial charge in [-0.15, -0.1) is 0 Å². The highest BCUT2D eigenvalue weighted by Gasteiger charge is 2.16. The number of hydrogen-bond donors (Lipinski definition) is 2. The zero-order valence-electron chi connectivity index (χ0n) is 13.7. The molecular formula is C17H24N2O4. The van der Waals surface area contributed by atoms with Gasteiger partial charge in [-0.05, 0) is 37.0 Å². The fraction of sp³-hybridized carbons (Fsp3) is 0.529. The lowest BCUT2D eigenvalue weighted by atomic mass is 10.1. The van der Waals surface area contributed by atoms with Gasteiger partial charge in [0, 0.05) is 12.1 Å². The average Bonchev–Trinajstić information content (AvgIpc) is 3.10. The average molecular weight is 320 g/mol. The van der Waals surface area contributed by atoms with Crippen molar-refractivity contribution in [2.75, 3.05) is 27.3 Å². The molecule has 2 N–H and O–H groups in total. The molecule has 1 aromatic carbocycles. The fourth-order valence-corrected chi connectivity index (χ4v) is 2.78. The molecule has 23 heavy (non-hydrogen) atoms. The molecule has 6 heteroatoms. The highest BCUT2D eigenvalue weighted by atomic mass is 16.5. The summed E-state index contributed by atoms with van der Waals surface area (Å²) in [6.07, 6.45) is 4.85. The number of carbonyl (C=O) groups excluding carboxylic acids is 2. The number of benzene rings is 1. The van der Waals surface area contributed by atoms with Gasteiger partial charge in [-0.2, -0.15) is 0 Å². The van der Waals surface area contributed by atoms with Gasteiger partial charge in [-0.3, -0.25) is 9.59 Å². The summed E-state index contributed by atoms with van der Waals surface area (Å²) in [5, 5.41) is 5.49. The molecule has 2 amide bonds. The Bertz CT molecular complexity index is 554. The first-order valence-electron chi connectivity index (χ1n) is 7.91. The molecule has 0 aliphatic heterocycles. The van der Waals surface area contributed by atoms with Crippen LogP contribution in [0.4, 0.5) is 0 Å². The van der Waals surface area contributed by atoms with Crippen LogP contribution in [0.3, 0.4) is 0 Å². The number of amides is 2. The molecule has 1 aliphatic rings. The summed E-state index contributed by atoms with van der Waals surface area (Å²) >= 11 is 0. The Kier molecular flexibility index (Phi) is 6.26. The molecule has 1 fully saturated rings. The van der Waals surface area contributed by atoms with Gasteiger partial charge in [0.05, 0.1) is 20.8 Å². The highest BCUT2D eigenvalue weighted by molar-refractivity contribution is 5.97. The molecule has 0 radical (unpaired) electrons. The Morgan fingerprint density at radius 1 is 1.09 bits per heavy atom. The Morgan fingerprint density at radius 3 is 2.43 bits per heavy atom. The molecule has 1 aliphatic carbocycles. The summed E-state index contributed by atoms with van der Waals surface area (Å²) in [6, 6.07) is 4.88. The third-order valence-corrected chi connectivity index (χ3v) is 4.12. The van der Waals surface area contributed by atoms with Crippen LogP contribution in [0.15, 0.2) is 18.2 Å². The first-order chi connectivity index (χ1) is 11.1. The molecule has 6 nitrogen and oxygen atoms in total. The van der Waals surface area contributed by atoms with Crippen LogP contribution in [0, 0.1) is 5.92 Å². The predicted octanol–water partition coefficient (Wildman–Crippen LogP) is 1.74. The molecule has 0 aromatic heterocycles. The van der Waals surface area contributed by atoms with Crippen LogP contribution in [0.1, 0.15) is 36.0 Å². The third-order valence-electron chi connectivity index (χ3n) is 4.12. The second kappa shape index (κ2) is 8.41. The van der Waals surface area contributed by atoms with Crippen LogP contribution in [0.5, 0.6) is 11.5 Å². The number of hydrogen-bond acceptors (Lipinski definition) is 4. The minimum absolute atomic E-state index is 0.0279. The van der Waals surface area contributed by atoms with Crippen molar-refractivity contribution in [2.24, 2.45) is 5.92 Å². The summed E-state index contributed by atoms with van der Waals surface area (Å²) in [6.45, 7) is 0.672. The van der Waals surface area contributed by atoms with E-state index in [1.54, 1.807) is 18.2 Å². The van der Waals surface area contributed by atoms with Gasteiger partial charge in [0.15, 0.2) is 11.5 Å². The van der Waals surface area contributed by atoms with E-state index >= 15 is 0 Å².